The molecule has 4 nitrogen and oxygen atoms in total. The number of nitrogen functional groups attached to an aromatic ring is 1. The second-order valence-electron chi connectivity index (χ2n) is 3.89. The Morgan fingerprint density at radius 2 is 1.80 bits per heavy atom. The van der Waals surface area contributed by atoms with Crippen molar-refractivity contribution in [2.24, 2.45) is 0 Å². The molecule has 8 heteroatoms. The molecule has 0 amide bonds. The van der Waals surface area contributed by atoms with Crippen molar-refractivity contribution in [3.63, 3.8) is 0 Å². The molecule has 3 N–H and O–H groups in total. The molecule has 0 atom stereocenters. The quantitative estimate of drug-likeness (QED) is 0.854. The fourth-order valence-electron chi connectivity index (χ4n) is 1.51. The van der Waals surface area contributed by atoms with Gasteiger partial charge in [0, 0.05) is 5.69 Å². The zero-order chi connectivity index (χ0) is 14.9. The molecule has 20 heavy (non-hydrogen) atoms. The van der Waals surface area contributed by atoms with Crippen LogP contribution < -0.4 is 10.5 Å². The molecule has 0 saturated heterocycles. The van der Waals surface area contributed by atoms with Crippen molar-refractivity contribution >= 4 is 33.0 Å². The standard InChI is InChI=1S/C12H9ClF2N2O2S/c13-8-2-1-3-10(15)12(8)17-20(18,19)11-6-7(16)4-5-9(11)14/h1-6,17H,16H2. The monoisotopic (exact) mass is 318 g/mol. The number of hydrogen-bond donors (Lipinski definition) is 2. The lowest BCUT2D eigenvalue weighted by Gasteiger charge is -2.11. The van der Waals surface area contributed by atoms with Crippen molar-refractivity contribution in [3.8, 4) is 0 Å². The van der Waals surface area contributed by atoms with Crippen molar-refractivity contribution in [3.05, 3.63) is 53.1 Å². The Morgan fingerprint density at radius 3 is 2.45 bits per heavy atom. The van der Waals surface area contributed by atoms with Crippen LogP contribution in [0.15, 0.2) is 41.3 Å². The summed E-state index contributed by atoms with van der Waals surface area (Å²) >= 11 is 5.71. The fourth-order valence-corrected chi connectivity index (χ4v) is 2.98. The molecule has 2 aromatic carbocycles. The van der Waals surface area contributed by atoms with E-state index in [4.69, 9.17) is 17.3 Å². The Hall–Kier alpha value is -1.86. The molecule has 0 aliphatic rings. The molecule has 0 heterocycles. The van der Waals surface area contributed by atoms with E-state index in [0.29, 0.717) is 0 Å². The Kier molecular flexibility index (Phi) is 3.82. The van der Waals surface area contributed by atoms with E-state index < -0.39 is 32.2 Å². The van der Waals surface area contributed by atoms with E-state index in [9.17, 15) is 17.2 Å². The summed E-state index contributed by atoms with van der Waals surface area (Å²) in [5.41, 5.74) is 5.03. The highest BCUT2D eigenvalue weighted by molar-refractivity contribution is 7.92. The van der Waals surface area contributed by atoms with Crippen LogP contribution in [0.4, 0.5) is 20.2 Å². The highest BCUT2D eigenvalue weighted by Crippen LogP contribution is 2.28. The van der Waals surface area contributed by atoms with E-state index in [1.165, 1.54) is 18.2 Å². The first-order valence-corrected chi connectivity index (χ1v) is 7.19. The van der Waals surface area contributed by atoms with Gasteiger partial charge in [0.25, 0.3) is 10.0 Å². The van der Waals surface area contributed by atoms with Crippen LogP contribution >= 0.6 is 11.6 Å². The zero-order valence-corrected chi connectivity index (χ0v) is 11.5. The molecular weight excluding hydrogens is 310 g/mol. The normalized spacial score (nSPS) is 11.3. The first kappa shape index (κ1) is 14.5. The maximum absolute atomic E-state index is 13.6. The fraction of sp³-hybridized carbons (Fsp3) is 0. The minimum absolute atomic E-state index is 0.0615. The Labute approximate surface area is 119 Å². The number of rotatable bonds is 3. The number of halogens is 3. The minimum atomic E-state index is -4.34. The number of para-hydroxylation sites is 1. The third kappa shape index (κ3) is 2.83. The van der Waals surface area contributed by atoms with Crippen molar-refractivity contribution < 1.29 is 17.2 Å². The lowest BCUT2D eigenvalue weighted by atomic mass is 10.3. The van der Waals surface area contributed by atoms with Crippen molar-refractivity contribution in [2.45, 2.75) is 4.90 Å². The van der Waals surface area contributed by atoms with E-state index in [0.717, 1.165) is 18.2 Å². The van der Waals surface area contributed by atoms with Crippen LogP contribution in [-0.4, -0.2) is 8.42 Å². The number of hydrogen-bond acceptors (Lipinski definition) is 3. The summed E-state index contributed by atoms with van der Waals surface area (Å²) in [5.74, 6) is -1.87. The molecule has 0 aromatic heterocycles. The summed E-state index contributed by atoms with van der Waals surface area (Å²) in [6, 6.07) is 6.71. The molecule has 0 unspecified atom stereocenters. The highest BCUT2D eigenvalue weighted by atomic mass is 35.5. The van der Waals surface area contributed by atoms with E-state index >= 15 is 0 Å². The molecular formula is C12H9ClF2N2O2S. The van der Waals surface area contributed by atoms with Gasteiger partial charge in [-0.2, -0.15) is 0 Å². The first-order valence-electron chi connectivity index (χ1n) is 5.33. The average Bonchev–Trinajstić information content (AvgIpc) is 2.37. The van der Waals surface area contributed by atoms with E-state index in [1.807, 2.05) is 4.72 Å². The summed E-state index contributed by atoms with van der Waals surface area (Å²) in [5, 5.41) is -0.141. The van der Waals surface area contributed by atoms with Gasteiger partial charge in [0.2, 0.25) is 0 Å². The van der Waals surface area contributed by atoms with Crippen LogP contribution in [0.3, 0.4) is 0 Å². The van der Waals surface area contributed by atoms with Gasteiger partial charge in [-0.15, -0.1) is 0 Å². The molecule has 0 spiro atoms. The summed E-state index contributed by atoms with van der Waals surface area (Å²) in [7, 11) is -4.34. The highest BCUT2D eigenvalue weighted by Gasteiger charge is 2.22. The van der Waals surface area contributed by atoms with Gasteiger partial charge < -0.3 is 5.73 Å². The molecule has 0 aliphatic carbocycles. The van der Waals surface area contributed by atoms with Gasteiger partial charge in [0.15, 0.2) is 0 Å². The largest absolute Gasteiger partial charge is 0.399 e. The number of anilines is 2. The summed E-state index contributed by atoms with van der Waals surface area (Å²) in [6.07, 6.45) is 0. The molecule has 0 aliphatic heterocycles. The number of benzene rings is 2. The molecule has 0 bridgehead atoms. The average molecular weight is 319 g/mol. The Morgan fingerprint density at radius 1 is 1.10 bits per heavy atom. The lowest BCUT2D eigenvalue weighted by Crippen LogP contribution is -2.16. The van der Waals surface area contributed by atoms with E-state index in [1.54, 1.807) is 0 Å². The van der Waals surface area contributed by atoms with Crippen LogP contribution in [0.5, 0.6) is 0 Å². The minimum Gasteiger partial charge on any atom is -0.399 e. The molecule has 0 saturated carbocycles. The second-order valence-corrected chi connectivity index (χ2v) is 5.95. The van der Waals surface area contributed by atoms with Crippen molar-refractivity contribution in [1.29, 1.82) is 0 Å². The summed E-state index contributed by atoms with van der Waals surface area (Å²) in [6.45, 7) is 0. The molecule has 0 fully saturated rings. The summed E-state index contributed by atoms with van der Waals surface area (Å²) < 4.78 is 53.1. The van der Waals surface area contributed by atoms with Crippen molar-refractivity contribution in [2.75, 3.05) is 10.5 Å². The van der Waals surface area contributed by atoms with Crippen LogP contribution in [0.25, 0.3) is 0 Å². The van der Waals surface area contributed by atoms with Gasteiger partial charge in [-0.3, -0.25) is 4.72 Å². The zero-order valence-electron chi connectivity index (χ0n) is 9.90. The lowest BCUT2D eigenvalue weighted by molar-refractivity contribution is 0.569. The number of sulfonamides is 1. The summed E-state index contributed by atoms with van der Waals surface area (Å²) in [4.78, 5) is -0.684. The van der Waals surface area contributed by atoms with Gasteiger partial charge in [-0.25, -0.2) is 17.2 Å². The number of nitrogens with two attached hydrogens (primary N) is 1. The molecule has 2 rings (SSSR count). The maximum atomic E-state index is 13.6. The van der Waals surface area contributed by atoms with Gasteiger partial charge in [0.1, 0.15) is 22.2 Å². The predicted molar refractivity (Wildman–Crippen MR) is 73.0 cm³/mol. The Balaban J connectivity index is 2.49. The van der Waals surface area contributed by atoms with Gasteiger partial charge in [-0.05, 0) is 30.3 Å². The van der Waals surface area contributed by atoms with E-state index in [-0.39, 0.29) is 10.7 Å². The van der Waals surface area contributed by atoms with Crippen molar-refractivity contribution in [1.82, 2.24) is 0 Å². The SMILES string of the molecule is Nc1ccc(F)c(S(=O)(=O)Nc2c(F)cccc2Cl)c1. The van der Waals surface area contributed by atoms with Gasteiger partial charge in [0.05, 0.1) is 5.02 Å². The second kappa shape index (κ2) is 5.26. The molecule has 106 valence electrons. The molecule has 0 radical (unpaired) electrons. The van der Waals surface area contributed by atoms with Gasteiger partial charge in [-0.1, -0.05) is 17.7 Å². The first-order chi connectivity index (χ1) is 9.31. The predicted octanol–water partition coefficient (Wildman–Crippen LogP) is 3.00. The van der Waals surface area contributed by atoms with E-state index in [2.05, 4.69) is 0 Å². The maximum Gasteiger partial charge on any atom is 0.265 e. The third-order valence-electron chi connectivity index (χ3n) is 2.44. The Bertz CT molecular complexity index is 746. The third-order valence-corrected chi connectivity index (χ3v) is 4.12. The smallest absolute Gasteiger partial charge is 0.265 e. The van der Waals surface area contributed by atoms with Crippen LogP contribution in [-0.2, 0) is 10.0 Å². The van der Waals surface area contributed by atoms with Crippen LogP contribution in [0.2, 0.25) is 5.02 Å². The molecule has 2 aromatic rings. The number of nitrogens with one attached hydrogen (secondary N) is 1. The van der Waals surface area contributed by atoms with Gasteiger partial charge >= 0.3 is 0 Å². The topological polar surface area (TPSA) is 72.2 Å². The van der Waals surface area contributed by atoms with Crippen LogP contribution in [0, 0.1) is 11.6 Å². The van der Waals surface area contributed by atoms with Crippen LogP contribution in [0.1, 0.15) is 0 Å².